The molecule has 2 atom stereocenters. The van der Waals surface area contributed by atoms with Gasteiger partial charge in [-0.2, -0.15) is 13.2 Å². The molecule has 1 saturated heterocycles. The fraction of sp³-hybridized carbons (Fsp3) is 0.625. The third-order valence-corrected chi connectivity index (χ3v) is 8.55. The average molecular weight is 495 g/mol. The Labute approximate surface area is 200 Å². The van der Waals surface area contributed by atoms with E-state index in [1.165, 1.54) is 28.6 Å². The molecule has 0 N–H and O–H groups in total. The predicted octanol–water partition coefficient (Wildman–Crippen LogP) is 4.75. The van der Waals surface area contributed by atoms with Crippen molar-refractivity contribution in [2.24, 2.45) is 11.8 Å². The summed E-state index contributed by atoms with van der Waals surface area (Å²) >= 11 is 6.40. The van der Waals surface area contributed by atoms with E-state index in [0.29, 0.717) is 30.5 Å². The fourth-order valence-corrected chi connectivity index (χ4v) is 6.55. The Morgan fingerprint density at radius 1 is 1.09 bits per heavy atom. The van der Waals surface area contributed by atoms with Crippen LogP contribution in [-0.4, -0.2) is 56.7 Å². The molecule has 3 saturated carbocycles. The fourth-order valence-electron chi connectivity index (χ4n) is 6.30. The minimum absolute atomic E-state index is 0.0731. The Morgan fingerprint density at radius 3 is 2.41 bits per heavy atom. The van der Waals surface area contributed by atoms with Gasteiger partial charge in [-0.15, -0.1) is 0 Å². The lowest BCUT2D eigenvalue weighted by Gasteiger charge is -2.38. The Balaban J connectivity index is 1.24. The van der Waals surface area contributed by atoms with Crippen LogP contribution in [0.15, 0.2) is 12.3 Å². The molecule has 2 aromatic heterocycles. The van der Waals surface area contributed by atoms with E-state index in [0.717, 1.165) is 31.7 Å². The van der Waals surface area contributed by atoms with Gasteiger partial charge in [0.25, 0.3) is 5.91 Å². The van der Waals surface area contributed by atoms with Crippen molar-refractivity contribution in [3.05, 3.63) is 34.2 Å². The van der Waals surface area contributed by atoms with Gasteiger partial charge in [0.2, 0.25) is 5.91 Å². The van der Waals surface area contributed by atoms with Crippen molar-refractivity contribution < 1.29 is 22.8 Å². The van der Waals surface area contributed by atoms with Gasteiger partial charge >= 0.3 is 6.18 Å². The van der Waals surface area contributed by atoms with Crippen molar-refractivity contribution in [1.82, 2.24) is 19.2 Å². The maximum absolute atomic E-state index is 13.8. The first-order valence-corrected chi connectivity index (χ1v) is 12.5. The topological polar surface area (TPSA) is 57.9 Å². The highest BCUT2D eigenvalue weighted by atomic mass is 35.5. The lowest BCUT2D eigenvalue weighted by atomic mass is 10.0. The monoisotopic (exact) mass is 494 g/mol. The summed E-state index contributed by atoms with van der Waals surface area (Å²) in [5, 5.41) is -0.147. The van der Waals surface area contributed by atoms with Crippen molar-refractivity contribution in [3.8, 4) is 0 Å². The normalized spacial score (nSPS) is 27.6. The minimum Gasteiger partial charge on any atom is -0.336 e. The number of carbonyl (C=O) groups is 2. The molecule has 0 spiro atoms. The number of hydrogen-bond donors (Lipinski definition) is 0. The van der Waals surface area contributed by atoms with E-state index in [9.17, 15) is 22.8 Å². The second kappa shape index (κ2) is 7.86. The van der Waals surface area contributed by atoms with E-state index in [1.807, 2.05) is 4.90 Å². The molecule has 0 aromatic carbocycles. The van der Waals surface area contributed by atoms with Crippen LogP contribution in [0.3, 0.4) is 0 Å². The molecule has 2 aromatic rings. The molecule has 2 amide bonds. The molecule has 1 aliphatic heterocycles. The van der Waals surface area contributed by atoms with Gasteiger partial charge in [-0.3, -0.25) is 14.0 Å². The zero-order valence-corrected chi connectivity index (χ0v) is 19.4. The Hall–Kier alpha value is -2.29. The highest BCUT2D eigenvalue weighted by Crippen LogP contribution is 2.46. The van der Waals surface area contributed by atoms with Gasteiger partial charge < -0.3 is 9.80 Å². The number of fused-ring (bicyclic) bond motifs is 2. The van der Waals surface area contributed by atoms with Gasteiger partial charge in [0, 0.05) is 25.3 Å². The zero-order chi connectivity index (χ0) is 23.8. The number of halogens is 4. The summed E-state index contributed by atoms with van der Waals surface area (Å²) in [7, 11) is 0. The van der Waals surface area contributed by atoms with E-state index in [4.69, 9.17) is 11.6 Å². The standard InChI is InChI=1S/C24H26ClF3N4O2/c25-21-20(29-22-18(24(26,27)28)10-16(11-32(21)22)13-4-5-13)23(34)30-6-7-31(19(33)12-30)17-8-14-2-1-3-15(14)9-17/h10-11,13-15,17H,1-9,12H2. The molecular formula is C24H26ClF3N4O2. The highest BCUT2D eigenvalue weighted by molar-refractivity contribution is 6.33. The predicted molar refractivity (Wildman–Crippen MR) is 119 cm³/mol. The SMILES string of the molecule is O=C(c1nc2c(C(F)(F)F)cc(C3CC3)cn2c1Cl)N1CCN(C2CC3CCCC3C2)C(=O)C1. The second-order valence-corrected chi connectivity index (χ2v) is 10.7. The zero-order valence-electron chi connectivity index (χ0n) is 18.7. The van der Waals surface area contributed by atoms with Crippen LogP contribution in [0.25, 0.3) is 5.65 Å². The summed E-state index contributed by atoms with van der Waals surface area (Å²) in [5.41, 5.74) is -0.974. The maximum Gasteiger partial charge on any atom is 0.419 e. The van der Waals surface area contributed by atoms with Gasteiger partial charge in [-0.25, -0.2) is 4.98 Å². The van der Waals surface area contributed by atoms with Crippen molar-refractivity contribution >= 4 is 29.1 Å². The molecule has 3 heterocycles. The van der Waals surface area contributed by atoms with E-state index in [-0.39, 0.29) is 40.9 Å². The van der Waals surface area contributed by atoms with Crippen LogP contribution < -0.4 is 0 Å². The Morgan fingerprint density at radius 2 is 1.79 bits per heavy atom. The Bertz CT molecular complexity index is 1160. The summed E-state index contributed by atoms with van der Waals surface area (Å²) < 4.78 is 42.5. The largest absolute Gasteiger partial charge is 0.419 e. The van der Waals surface area contributed by atoms with Crippen molar-refractivity contribution in [3.63, 3.8) is 0 Å². The smallest absolute Gasteiger partial charge is 0.336 e. The summed E-state index contributed by atoms with van der Waals surface area (Å²) in [6.07, 6.45) is 4.40. The lowest BCUT2D eigenvalue weighted by Crippen LogP contribution is -2.55. The van der Waals surface area contributed by atoms with Crippen LogP contribution in [0, 0.1) is 11.8 Å². The number of pyridine rings is 1. The van der Waals surface area contributed by atoms with Crippen molar-refractivity contribution in [1.29, 1.82) is 0 Å². The van der Waals surface area contributed by atoms with Crippen LogP contribution in [0.4, 0.5) is 13.2 Å². The molecule has 6 nitrogen and oxygen atoms in total. The number of imidazole rings is 1. The van der Waals surface area contributed by atoms with Gasteiger partial charge in [0.15, 0.2) is 11.3 Å². The number of amides is 2. The summed E-state index contributed by atoms with van der Waals surface area (Å²) in [5.74, 6) is 0.765. The lowest BCUT2D eigenvalue weighted by molar-refractivity contribution is -0.138. The molecule has 6 rings (SSSR count). The number of alkyl halides is 3. The molecular weight excluding hydrogens is 469 g/mol. The second-order valence-electron chi connectivity index (χ2n) is 10.3. The molecule has 0 bridgehead atoms. The summed E-state index contributed by atoms with van der Waals surface area (Å²) in [6.45, 7) is 0.647. The van der Waals surface area contributed by atoms with Gasteiger partial charge in [0.1, 0.15) is 11.7 Å². The minimum atomic E-state index is -4.62. The number of hydrogen-bond acceptors (Lipinski definition) is 3. The summed E-state index contributed by atoms with van der Waals surface area (Å²) in [6, 6.07) is 1.35. The molecule has 4 fully saturated rings. The van der Waals surface area contributed by atoms with E-state index < -0.39 is 17.6 Å². The molecule has 10 heteroatoms. The number of rotatable bonds is 3. The van der Waals surface area contributed by atoms with Crippen LogP contribution >= 0.6 is 11.6 Å². The molecule has 2 unspecified atom stereocenters. The quantitative estimate of drug-likeness (QED) is 0.619. The first kappa shape index (κ1) is 22.2. The first-order valence-electron chi connectivity index (χ1n) is 12.1. The highest BCUT2D eigenvalue weighted by Gasteiger charge is 2.43. The maximum atomic E-state index is 13.8. The Kier molecular flexibility index (Phi) is 5.13. The van der Waals surface area contributed by atoms with E-state index in [2.05, 4.69) is 4.98 Å². The van der Waals surface area contributed by atoms with Crippen molar-refractivity contribution in [2.75, 3.05) is 19.6 Å². The number of aromatic nitrogens is 2. The van der Waals surface area contributed by atoms with Crippen molar-refractivity contribution in [2.45, 2.75) is 63.1 Å². The van der Waals surface area contributed by atoms with Crippen LogP contribution in [-0.2, 0) is 11.0 Å². The average Bonchev–Trinajstić information content (AvgIpc) is 3.29. The first-order chi connectivity index (χ1) is 16.2. The number of nitrogens with zero attached hydrogens (tertiary/aromatic N) is 4. The molecule has 182 valence electrons. The number of piperazine rings is 1. The molecule has 34 heavy (non-hydrogen) atoms. The third-order valence-electron chi connectivity index (χ3n) is 8.19. The van der Waals surface area contributed by atoms with Crippen LogP contribution in [0.5, 0.6) is 0 Å². The van der Waals surface area contributed by atoms with Crippen LogP contribution in [0.2, 0.25) is 5.15 Å². The summed E-state index contributed by atoms with van der Waals surface area (Å²) in [4.78, 5) is 33.5. The molecule has 4 aliphatic rings. The van der Waals surface area contributed by atoms with Gasteiger partial charge in [-0.1, -0.05) is 30.9 Å². The van der Waals surface area contributed by atoms with Gasteiger partial charge in [0.05, 0.1) is 5.56 Å². The molecule has 0 radical (unpaired) electrons. The number of carbonyl (C=O) groups excluding carboxylic acids is 2. The van der Waals surface area contributed by atoms with E-state index in [1.54, 1.807) is 6.20 Å². The molecule has 3 aliphatic carbocycles. The third kappa shape index (κ3) is 3.67. The van der Waals surface area contributed by atoms with Crippen LogP contribution in [0.1, 0.15) is 72.5 Å². The van der Waals surface area contributed by atoms with E-state index >= 15 is 0 Å². The van der Waals surface area contributed by atoms with Gasteiger partial charge in [-0.05, 0) is 55.1 Å².